The molecule has 3 rings (SSSR count). The highest BCUT2D eigenvalue weighted by molar-refractivity contribution is 8.16. The molecule has 170 valence electrons. The number of carbonyl (C=O) groups excluding carboxylic acids is 3. The smallest absolute Gasteiger partial charge is 0.308 e. The first-order valence-electron chi connectivity index (χ1n) is 10.6. The highest BCUT2D eigenvalue weighted by atomic mass is 32.2. The molecular formula is C24H28N2O5S. The number of thioether (sulfide) groups is 1. The highest BCUT2D eigenvalue weighted by Crippen LogP contribution is 2.34. The fourth-order valence-corrected chi connectivity index (χ4v) is 4.12. The molecule has 1 fully saturated rings. The number of hydrogen-bond acceptors (Lipinski definition) is 7. The van der Waals surface area contributed by atoms with Crippen molar-refractivity contribution in [1.29, 1.82) is 0 Å². The monoisotopic (exact) mass is 456 g/mol. The number of nitrogens with zero attached hydrogens (tertiary/aromatic N) is 1. The van der Waals surface area contributed by atoms with Gasteiger partial charge in [-0.2, -0.15) is 0 Å². The van der Waals surface area contributed by atoms with Crippen LogP contribution in [-0.2, 0) is 27.2 Å². The molecule has 2 atom stereocenters. The van der Waals surface area contributed by atoms with E-state index in [2.05, 4.69) is 10.3 Å². The van der Waals surface area contributed by atoms with Crippen LogP contribution in [0.4, 0.5) is 4.79 Å². The van der Waals surface area contributed by atoms with E-state index in [1.165, 1.54) is 0 Å². The molecule has 0 radical (unpaired) electrons. The van der Waals surface area contributed by atoms with Crippen molar-refractivity contribution in [3.05, 3.63) is 59.4 Å². The van der Waals surface area contributed by atoms with Crippen LogP contribution < -0.4 is 10.1 Å². The summed E-state index contributed by atoms with van der Waals surface area (Å²) in [6.45, 7) is 7.68. The Balaban J connectivity index is 1.47. The molecule has 1 aliphatic rings. The van der Waals surface area contributed by atoms with E-state index < -0.39 is 4.75 Å². The second-order valence-corrected chi connectivity index (χ2v) is 9.79. The van der Waals surface area contributed by atoms with E-state index in [-0.39, 0.29) is 29.1 Å². The van der Waals surface area contributed by atoms with Gasteiger partial charge in [0.15, 0.2) is 0 Å². The van der Waals surface area contributed by atoms with E-state index in [1.54, 1.807) is 27.0 Å². The van der Waals surface area contributed by atoms with Gasteiger partial charge in [0.05, 0.1) is 12.5 Å². The van der Waals surface area contributed by atoms with Gasteiger partial charge in [-0.25, -0.2) is 0 Å². The zero-order valence-corrected chi connectivity index (χ0v) is 19.5. The van der Waals surface area contributed by atoms with Crippen molar-refractivity contribution in [3.63, 3.8) is 0 Å². The zero-order valence-electron chi connectivity index (χ0n) is 18.7. The third-order valence-corrected chi connectivity index (χ3v) is 6.25. The maximum atomic E-state index is 12.0. The minimum Gasteiger partial charge on any atom is -0.493 e. The molecule has 8 heteroatoms. The SMILES string of the molecule is CC(C)C(=O)OC(C)c1ccc(CCOc2ccc(CC3(C)SC(=O)NC3=O)cc2)nc1. The van der Waals surface area contributed by atoms with Gasteiger partial charge in [-0.15, -0.1) is 0 Å². The third kappa shape index (κ3) is 6.09. The topological polar surface area (TPSA) is 94.6 Å². The summed E-state index contributed by atoms with van der Waals surface area (Å²) in [5.41, 5.74) is 2.69. The van der Waals surface area contributed by atoms with Gasteiger partial charge < -0.3 is 9.47 Å². The fourth-order valence-electron chi connectivity index (χ4n) is 3.19. The molecule has 2 amide bonds. The third-order valence-electron chi connectivity index (χ3n) is 5.19. The molecule has 2 heterocycles. The van der Waals surface area contributed by atoms with Crippen LogP contribution in [-0.4, -0.2) is 33.5 Å². The number of pyridine rings is 1. The summed E-state index contributed by atoms with van der Waals surface area (Å²) >= 11 is 1.03. The summed E-state index contributed by atoms with van der Waals surface area (Å²) in [6.07, 6.45) is 2.50. The van der Waals surface area contributed by atoms with Crippen LogP contribution in [0.3, 0.4) is 0 Å². The Kier molecular flexibility index (Phi) is 7.56. The Morgan fingerprint density at radius 1 is 1.12 bits per heavy atom. The summed E-state index contributed by atoms with van der Waals surface area (Å²) in [7, 11) is 0. The van der Waals surface area contributed by atoms with Gasteiger partial charge >= 0.3 is 5.97 Å². The highest BCUT2D eigenvalue weighted by Gasteiger charge is 2.43. The number of aromatic nitrogens is 1. The molecular weight excluding hydrogens is 428 g/mol. The number of esters is 1. The van der Waals surface area contributed by atoms with E-state index >= 15 is 0 Å². The van der Waals surface area contributed by atoms with E-state index in [1.807, 2.05) is 43.3 Å². The van der Waals surface area contributed by atoms with Gasteiger partial charge in [0.2, 0.25) is 5.91 Å². The predicted octanol–water partition coefficient (Wildman–Crippen LogP) is 4.25. The van der Waals surface area contributed by atoms with Crippen LogP contribution in [0.2, 0.25) is 0 Å². The van der Waals surface area contributed by atoms with Crippen molar-refractivity contribution < 1.29 is 23.9 Å². The van der Waals surface area contributed by atoms with Gasteiger partial charge in [0.1, 0.15) is 16.6 Å². The minimum atomic E-state index is -0.776. The number of amides is 2. The summed E-state index contributed by atoms with van der Waals surface area (Å²) in [4.78, 5) is 39.6. The van der Waals surface area contributed by atoms with E-state index in [9.17, 15) is 14.4 Å². The molecule has 1 N–H and O–H groups in total. The van der Waals surface area contributed by atoms with Crippen LogP contribution in [0.5, 0.6) is 5.75 Å². The van der Waals surface area contributed by atoms with Gasteiger partial charge in [-0.3, -0.25) is 24.7 Å². The summed E-state index contributed by atoms with van der Waals surface area (Å²) in [6, 6.07) is 11.4. The number of imide groups is 1. The van der Waals surface area contributed by atoms with Crippen molar-refractivity contribution in [3.8, 4) is 5.75 Å². The quantitative estimate of drug-likeness (QED) is 0.564. The molecule has 32 heavy (non-hydrogen) atoms. The standard InChI is InChI=1S/C24H28N2O5S/c1-15(2)21(27)31-16(3)18-7-8-19(25-14-18)11-12-30-20-9-5-17(6-10-20)13-24(4)22(28)26-23(29)32-24/h5-10,14-16H,11-13H2,1-4H3,(H,26,28,29). The summed E-state index contributed by atoms with van der Waals surface area (Å²) in [5, 5.41) is 2.04. The van der Waals surface area contributed by atoms with Gasteiger partial charge in [0.25, 0.3) is 5.24 Å². The number of hydrogen-bond donors (Lipinski definition) is 1. The maximum absolute atomic E-state index is 12.0. The zero-order chi connectivity index (χ0) is 23.3. The van der Waals surface area contributed by atoms with Crippen molar-refractivity contribution >= 4 is 28.9 Å². The molecule has 1 aromatic heterocycles. The Labute approximate surface area is 192 Å². The van der Waals surface area contributed by atoms with E-state index in [0.717, 1.165) is 34.3 Å². The lowest BCUT2D eigenvalue weighted by molar-refractivity contribution is -0.152. The van der Waals surface area contributed by atoms with Crippen LogP contribution in [0.15, 0.2) is 42.6 Å². The maximum Gasteiger partial charge on any atom is 0.308 e. The molecule has 1 saturated heterocycles. The molecule has 2 aromatic rings. The Bertz CT molecular complexity index is 975. The molecule has 2 unspecified atom stereocenters. The van der Waals surface area contributed by atoms with Gasteiger partial charge in [-0.1, -0.05) is 32.0 Å². The predicted molar refractivity (Wildman–Crippen MR) is 122 cm³/mol. The molecule has 0 saturated carbocycles. The Hall–Kier alpha value is -2.87. The molecule has 1 aromatic carbocycles. The second kappa shape index (κ2) is 10.2. The lowest BCUT2D eigenvalue weighted by Gasteiger charge is -2.18. The number of rotatable bonds is 9. The number of carbonyl (C=O) groups is 3. The first-order valence-corrected chi connectivity index (χ1v) is 11.4. The fraction of sp³-hybridized carbons (Fsp3) is 0.417. The average molecular weight is 457 g/mol. The van der Waals surface area contributed by atoms with Crippen LogP contribution in [0.25, 0.3) is 0 Å². The number of benzene rings is 1. The number of nitrogens with one attached hydrogen (secondary N) is 1. The number of ether oxygens (including phenoxy) is 2. The van der Waals surface area contributed by atoms with Crippen molar-refractivity contribution in [2.24, 2.45) is 5.92 Å². The first-order chi connectivity index (χ1) is 15.2. The van der Waals surface area contributed by atoms with Crippen molar-refractivity contribution in [2.45, 2.75) is 51.4 Å². The Morgan fingerprint density at radius 2 is 1.84 bits per heavy atom. The van der Waals surface area contributed by atoms with Crippen LogP contribution in [0, 0.1) is 5.92 Å². The van der Waals surface area contributed by atoms with Gasteiger partial charge in [-0.05, 0) is 55.8 Å². The molecule has 0 aliphatic carbocycles. The lowest BCUT2D eigenvalue weighted by atomic mass is 9.99. The first kappa shape index (κ1) is 23.8. The minimum absolute atomic E-state index is 0.163. The normalized spacial score (nSPS) is 19.0. The van der Waals surface area contributed by atoms with Gasteiger partial charge in [0, 0.05) is 23.9 Å². The van der Waals surface area contributed by atoms with Crippen LogP contribution in [0.1, 0.15) is 50.6 Å². The average Bonchev–Trinajstić information content (AvgIpc) is 3.00. The molecule has 1 aliphatic heterocycles. The molecule has 0 spiro atoms. The van der Waals surface area contributed by atoms with Crippen molar-refractivity contribution in [1.82, 2.24) is 10.3 Å². The molecule has 7 nitrogen and oxygen atoms in total. The van der Waals surface area contributed by atoms with E-state index in [0.29, 0.717) is 19.4 Å². The second-order valence-electron chi connectivity index (χ2n) is 8.31. The summed E-state index contributed by atoms with van der Waals surface area (Å²) < 4.78 is 10.4. The van der Waals surface area contributed by atoms with E-state index in [4.69, 9.17) is 9.47 Å². The summed E-state index contributed by atoms with van der Waals surface area (Å²) in [5.74, 6) is 0.0845. The van der Waals surface area contributed by atoms with Crippen LogP contribution >= 0.6 is 11.8 Å². The Morgan fingerprint density at radius 3 is 2.41 bits per heavy atom. The van der Waals surface area contributed by atoms with Crippen molar-refractivity contribution in [2.75, 3.05) is 6.61 Å². The lowest BCUT2D eigenvalue weighted by Crippen LogP contribution is -2.35. The largest absolute Gasteiger partial charge is 0.493 e. The molecule has 0 bridgehead atoms.